The first-order valence-electron chi connectivity index (χ1n) is 3.75. The van der Waals surface area contributed by atoms with E-state index in [4.69, 9.17) is 5.73 Å². The number of fused-ring (bicyclic) bond motifs is 1. The van der Waals surface area contributed by atoms with Gasteiger partial charge in [-0.1, -0.05) is 12.2 Å². The predicted molar refractivity (Wildman–Crippen MR) is 38.0 cm³/mol. The second kappa shape index (κ2) is 1.60. The van der Waals surface area contributed by atoms with Crippen LogP contribution in [0.3, 0.4) is 0 Å². The van der Waals surface area contributed by atoms with Crippen molar-refractivity contribution in [3.05, 3.63) is 12.2 Å². The van der Waals surface area contributed by atoms with Crippen LogP contribution in [0.1, 0.15) is 19.3 Å². The molecule has 2 aliphatic rings. The van der Waals surface area contributed by atoms with Gasteiger partial charge in [0.2, 0.25) is 0 Å². The van der Waals surface area contributed by atoms with Crippen molar-refractivity contribution in [2.24, 2.45) is 17.1 Å². The fourth-order valence-corrected chi connectivity index (χ4v) is 1.93. The van der Waals surface area contributed by atoms with Gasteiger partial charge in [0.25, 0.3) is 0 Å². The van der Waals surface area contributed by atoms with Crippen molar-refractivity contribution in [3.8, 4) is 0 Å². The van der Waals surface area contributed by atoms with Crippen LogP contribution in [0.2, 0.25) is 0 Å². The molecule has 1 fully saturated rings. The van der Waals surface area contributed by atoms with E-state index in [0.717, 1.165) is 12.5 Å². The number of nitrogens with two attached hydrogens (primary N) is 1. The molecular formula is C8H13N. The molecule has 0 radical (unpaired) electrons. The lowest BCUT2D eigenvalue weighted by molar-refractivity contribution is 0.530. The first-order valence-corrected chi connectivity index (χ1v) is 3.75. The molecule has 2 unspecified atom stereocenters. The van der Waals surface area contributed by atoms with Gasteiger partial charge in [0.1, 0.15) is 0 Å². The average molecular weight is 123 g/mol. The highest BCUT2D eigenvalue weighted by Crippen LogP contribution is 2.57. The Balaban J connectivity index is 2.16. The van der Waals surface area contributed by atoms with Crippen LogP contribution in [-0.4, -0.2) is 6.54 Å². The number of allylic oxidation sites excluding steroid dienone is 1. The molecular weight excluding hydrogens is 110 g/mol. The van der Waals surface area contributed by atoms with Crippen molar-refractivity contribution in [1.29, 1.82) is 0 Å². The molecule has 2 N–H and O–H groups in total. The van der Waals surface area contributed by atoms with E-state index in [1.54, 1.807) is 0 Å². The number of hydrogen-bond donors (Lipinski definition) is 1. The maximum absolute atomic E-state index is 5.63. The zero-order valence-corrected chi connectivity index (χ0v) is 5.64. The molecule has 0 aliphatic heterocycles. The molecule has 0 saturated heterocycles. The Morgan fingerprint density at radius 3 is 3.11 bits per heavy atom. The maximum Gasteiger partial charge on any atom is 0.00359 e. The second-order valence-electron chi connectivity index (χ2n) is 3.32. The van der Waals surface area contributed by atoms with Crippen LogP contribution in [0.15, 0.2) is 12.2 Å². The Labute approximate surface area is 55.9 Å². The van der Waals surface area contributed by atoms with Crippen LogP contribution in [0.5, 0.6) is 0 Å². The lowest BCUT2D eigenvalue weighted by atomic mass is 9.96. The van der Waals surface area contributed by atoms with Crippen molar-refractivity contribution in [3.63, 3.8) is 0 Å². The van der Waals surface area contributed by atoms with Crippen LogP contribution in [0, 0.1) is 11.3 Å². The van der Waals surface area contributed by atoms with Crippen LogP contribution in [0.4, 0.5) is 0 Å². The van der Waals surface area contributed by atoms with E-state index in [9.17, 15) is 0 Å². The van der Waals surface area contributed by atoms with Crippen LogP contribution in [-0.2, 0) is 0 Å². The van der Waals surface area contributed by atoms with E-state index >= 15 is 0 Å². The highest BCUT2D eigenvalue weighted by Gasteiger charge is 2.51. The quantitative estimate of drug-likeness (QED) is 0.522. The molecule has 1 nitrogen and oxygen atoms in total. The number of hydrogen-bond acceptors (Lipinski definition) is 1. The van der Waals surface area contributed by atoms with E-state index in [1.165, 1.54) is 19.3 Å². The Kier molecular flexibility index (Phi) is 0.974. The van der Waals surface area contributed by atoms with Crippen LogP contribution in [0.25, 0.3) is 0 Å². The lowest BCUT2D eigenvalue weighted by Crippen LogP contribution is -2.16. The highest BCUT2D eigenvalue weighted by atomic mass is 14.7. The van der Waals surface area contributed by atoms with Gasteiger partial charge in [-0.25, -0.2) is 0 Å². The molecule has 0 amide bonds. The molecule has 9 heavy (non-hydrogen) atoms. The second-order valence-corrected chi connectivity index (χ2v) is 3.32. The zero-order valence-electron chi connectivity index (χ0n) is 5.64. The molecule has 1 saturated carbocycles. The minimum Gasteiger partial charge on any atom is -0.330 e. The van der Waals surface area contributed by atoms with Crippen molar-refractivity contribution in [2.45, 2.75) is 19.3 Å². The average Bonchev–Trinajstić information content (AvgIpc) is 2.62. The van der Waals surface area contributed by atoms with Gasteiger partial charge in [0.05, 0.1) is 0 Å². The van der Waals surface area contributed by atoms with Crippen molar-refractivity contribution >= 4 is 0 Å². The summed E-state index contributed by atoms with van der Waals surface area (Å²) in [5, 5.41) is 0. The molecule has 1 heteroatoms. The highest BCUT2D eigenvalue weighted by molar-refractivity contribution is 5.18. The third kappa shape index (κ3) is 0.645. The fourth-order valence-electron chi connectivity index (χ4n) is 1.93. The third-order valence-corrected chi connectivity index (χ3v) is 2.79. The first kappa shape index (κ1) is 5.48. The van der Waals surface area contributed by atoms with Gasteiger partial charge in [-0.15, -0.1) is 0 Å². The van der Waals surface area contributed by atoms with E-state index < -0.39 is 0 Å². The topological polar surface area (TPSA) is 26.0 Å². The molecule has 0 bridgehead atoms. The normalized spacial score (nSPS) is 46.6. The molecule has 50 valence electrons. The van der Waals surface area contributed by atoms with Gasteiger partial charge in [-0.05, 0) is 25.2 Å². The van der Waals surface area contributed by atoms with E-state index in [0.29, 0.717) is 5.41 Å². The molecule has 0 aromatic rings. The molecule has 0 aromatic heterocycles. The minimum atomic E-state index is 0.484. The summed E-state index contributed by atoms with van der Waals surface area (Å²) < 4.78 is 0. The minimum absolute atomic E-state index is 0.484. The van der Waals surface area contributed by atoms with Gasteiger partial charge < -0.3 is 5.73 Å². The Bertz CT molecular complexity index is 151. The number of rotatable bonds is 1. The van der Waals surface area contributed by atoms with E-state index in [2.05, 4.69) is 12.2 Å². The summed E-state index contributed by atoms with van der Waals surface area (Å²) in [5.41, 5.74) is 6.11. The fraction of sp³-hybridized carbons (Fsp3) is 0.750. The van der Waals surface area contributed by atoms with Crippen molar-refractivity contribution in [2.75, 3.05) is 6.54 Å². The Hall–Kier alpha value is -0.300. The summed E-state index contributed by atoms with van der Waals surface area (Å²) >= 11 is 0. The van der Waals surface area contributed by atoms with Crippen molar-refractivity contribution in [1.82, 2.24) is 0 Å². The van der Waals surface area contributed by atoms with Gasteiger partial charge in [-0.3, -0.25) is 0 Å². The lowest BCUT2D eigenvalue weighted by Gasteiger charge is -2.12. The molecule has 2 rings (SSSR count). The van der Waals surface area contributed by atoms with Crippen LogP contribution >= 0.6 is 0 Å². The largest absolute Gasteiger partial charge is 0.330 e. The monoisotopic (exact) mass is 123 g/mol. The smallest absolute Gasteiger partial charge is 0.00359 e. The van der Waals surface area contributed by atoms with Crippen LogP contribution < -0.4 is 5.73 Å². The Morgan fingerprint density at radius 1 is 1.67 bits per heavy atom. The summed E-state index contributed by atoms with van der Waals surface area (Å²) in [4.78, 5) is 0. The summed E-state index contributed by atoms with van der Waals surface area (Å²) in [7, 11) is 0. The predicted octanol–water partition coefficient (Wildman–Crippen LogP) is 1.30. The SMILES string of the molecule is NCC12C=CCCC1C2. The van der Waals surface area contributed by atoms with E-state index in [-0.39, 0.29) is 0 Å². The standard InChI is InChI=1S/C8H13N/c9-6-8-4-2-1-3-7(8)5-8/h2,4,7H,1,3,5-6,9H2. The molecule has 2 atom stereocenters. The Morgan fingerprint density at radius 2 is 2.56 bits per heavy atom. The zero-order chi connectivity index (χ0) is 6.32. The first-order chi connectivity index (χ1) is 4.37. The summed E-state index contributed by atoms with van der Waals surface area (Å²) in [6.07, 6.45) is 8.65. The molecule has 2 aliphatic carbocycles. The summed E-state index contributed by atoms with van der Waals surface area (Å²) in [5.74, 6) is 0.951. The van der Waals surface area contributed by atoms with Gasteiger partial charge in [-0.2, -0.15) is 0 Å². The molecule has 0 heterocycles. The van der Waals surface area contributed by atoms with Gasteiger partial charge in [0, 0.05) is 12.0 Å². The van der Waals surface area contributed by atoms with Gasteiger partial charge in [0.15, 0.2) is 0 Å². The molecule has 0 aromatic carbocycles. The third-order valence-electron chi connectivity index (χ3n) is 2.79. The van der Waals surface area contributed by atoms with E-state index in [1.807, 2.05) is 0 Å². The maximum atomic E-state index is 5.63. The van der Waals surface area contributed by atoms with Crippen molar-refractivity contribution < 1.29 is 0 Å². The molecule has 0 spiro atoms. The summed E-state index contributed by atoms with van der Waals surface area (Å²) in [6.45, 7) is 0.869. The van der Waals surface area contributed by atoms with Gasteiger partial charge >= 0.3 is 0 Å². The summed E-state index contributed by atoms with van der Waals surface area (Å²) in [6, 6.07) is 0.